The minimum atomic E-state index is 0.00338. The Morgan fingerprint density at radius 3 is 2.58 bits per heavy atom. The molecule has 0 saturated heterocycles. The van der Waals surface area contributed by atoms with Crippen LogP contribution in [-0.4, -0.2) is 29.9 Å². The molecule has 26 heavy (non-hydrogen) atoms. The molecule has 1 heterocycles. The summed E-state index contributed by atoms with van der Waals surface area (Å²) in [4.78, 5) is 15.2. The number of rotatable bonds is 4. The molecule has 1 N–H and O–H groups in total. The average molecular weight is 413 g/mol. The smallest absolute Gasteiger partial charge is 0.251 e. The van der Waals surface area contributed by atoms with Crippen molar-refractivity contribution in [2.24, 2.45) is 0 Å². The van der Waals surface area contributed by atoms with Crippen molar-refractivity contribution in [3.63, 3.8) is 0 Å². The van der Waals surface area contributed by atoms with Crippen molar-refractivity contribution in [3.8, 4) is 0 Å². The summed E-state index contributed by atoms with van der Waals surface area (Å²) in [5.74, 6) is 0.00338. The second-order valence-corrected chi connectivity index (χ2v) is 8.23. The predicted octanol–water partition coefficient (Wildman–Crippen LogP) is 4.33. The third-order valence-electron chi connectivity index (χ3n) is 5.79. The van der Waals surface area contributed by atoms with Gasteiger partial charge in [0.25, 0.3) is 5.91 Å². The normalized spacial score (nSPS) is 17.9. The van der Waals surface area contributed by atoms with Gasteiger partial charge in [0.1, 0.15) is 0 Å². The molecule has 2 aromatic rings. The zero-order valence-corrected chi connectivity index (χ0v) is 16.6. The molecule has 2 aromatic carbocycles. The van der Waals surface area contributed by atoms with Gasteiger partial charge in [-0.25, -0.2) is 0 Å². The Bertz CT molecular complexity index is 800. The van der Waals surface area contributed by atoms with Gasteiger partial charge >= 0.3 is 0 Å². The van der Waals surface area contributed by atoms with Crippen LogP contribution in [0.5, 0.6) is 0 Å². The van der Waals surface area contributed by atoms with E-state index >= 15 is 0 Å². The van der Waals surface area contributed by atoms with E-state index in [4.69, 9.17) is 0 Å². The molecule has 0 unspecified atom stereocenters. The molecule has 0 radical (unpaired) electrons. The number of nitrogens with zero attached hydrogens (tertiary/aromatic N) is 1. The third kappa shape index (κ3) is 3.86. The highest BCUT2D eigenvalue weighted by atomic mass is 79.9. The van der Waals surface area contributed by atoms with Crippen LogP contribution in [-0.2, 0) is 19.4 Å². The van der Waals surface area contributed by atoms with E-state index in [1.54, 1.807) is 0 Å². The summed E-state index contributed by atoms with van der Waals surface area (Å²) >= 11 is 3.53. The fourth-order valence-electron chi connectivity index (χ4n) is 3.92. The van der Waals surface area contributed by atoms with Crippen LogP contribution < -0.4 is 5.32 Å². The summed E-state index contributed by atoms with van der Waals surface area (Å²) in [7, 11) is 0. The van der Waals surface area contributed by atoms with Crippen LogP contribution in [0.4, 0.5) is 0 Å². The van der Waals surface area contributed by atoms with Crippen LogP contribution in [0, 0.1) is 0 Å². The van der Waals surface area contributed by atoms with Crippen LogP contribution in [0.25, 0.3) is 0 Å². The lowest BCUT2D eigenvalue weighted by Crippen LogP contribution is -2.41. The summed E-state index contributed by atoms with van der Waals surface area (Å²) < 4.78 is 1.03. The van der Waals surface area contributed by atoms with Gasteiger partial charge in [0, 0.05) is 35.7 Å². The molecule has 136 valence electrons. The highest BCUT2D eigenvalue weighted by Gasteiger charge is 2.26. The molecule has 0 aromatic heterocycles. The second-order valence-electron chi connectivity index (χ2n) is 7.38. The first-order valence-electron chi connectivity index (χ1n) is 9.58. The number of halogens is 1. The number of hydrogen-bond acceptors (Lipinski definition) is 2. The van der Waals surface area contributed by atoms with Crippen molar-refractivity contribution >= 4 is 21.8 Å². The maximum Gasteiger partial charge on any atom is 0.251 e. The van der Waals surface area contributed by atoms with Gasteiger partial charge in [0.15, 0.2) is 0 Å². The number of nitrogens with one attached hydrogen (secondary N) is 1. The first-order chi connectivity index (χ1) is 12.7. The highest BCUT2D eigenvalue weighted by Crippen LogP contribution is 2.27. The molecule has 4 heteroatoms. The van der Waals surface area contributed by atoms with Crippen LogP contribution in [0.2, 0.25) is 0 Å². The quantitative estimate of drug-likeness (QED) is 0.809. The Balaban J connectivity index is 1.41. The SMILES string of the molecule is O=C(NCc1ccccc1Br)c1ccc2c(c1)CCN(C1CCC1)CC2. The number of fused-ring (bicyclic) bond motifs is 1. The van der Waals surface area contributed by atoms with Gasteiger partial charge in [-0.2, -0.15) is 0 Å². The molecule has 2 aliphatic rings. The van der Waals surface area contributed by atoms with Gasteiger partial charge in [-0.05, 0) is 60.6 Å². The molecule has 1 amide bonds. The van der Waals surface area contributed by atoms with Gasteiger partial charge < -0.3 is 5.32 Å². The summed E-state index contributed by atoms with van der Waals surface area (Å²) in [5, 5.41) is 3.04. The summed E-state index contributed by atoms with van der Waals surface area (Å²) in [5.41, 5.74) is 4.62. The molecule has 0 spiro atoms. The van der Waals surface area contributed by atoms with Crippen LogP contribution in [0.3, 0.4) is 0 Å². The summed E-state index contributed by atoms with van der Waals surface area (Å²) in [6.07, 6.45) is 6.26. The van der Waals surface area contributed by atoms with Crippen LogP contribution >= 0.6 is 15.9 Å². The Morgan fingerprint density at radius 2 is 1.85 bits per heavy atom. The van der Waals surface area contributed by atoms with Crippen molar-refractivity contribution in [3.05, 3.63) is 69.2 Å². The van der Waals surface area contributed by atoms with E-state index in [9.17, 15) is 4.79 Å². The van der Waals surface area contributed by atoms with Crippen molar-refractivity contribution in [2.75, 3.05) is 13.1 Å². The molecule has 1 aliphatic heterocycles. The fraction of sp³-hybridized carbons (Fsp3) is 0.409. The van der Waals surface area contributed by atoms with E-state index in [0.717, 1.165) is 47.6 Å². The Morgan fingerprint density at radius 1 is 1.08 bits per heavy atom. The minimum Gasteiger partial charge on any atom is -0.348 e. The van der Waals surface area contributed by atoms with Crippen molar-refractivity contribution in [1.29, 1.82) is 0 Å². The predicted molar refractivity (Wildman–Crippen MR) is 108 cm³/mol. The van der Waals surface area contributed by atoms with Gasteiger partial charge in [0.2, 0.25) is 0 Å². The maximum absolute atomic E-state index is 12.6. The zero-order valence-electron chi connectivity index (χ0n) is 15.0. The van der Waals surface area contributed by atoms with E-state index < -0.39 is 0 Å². The third-order valence-corrected chi connectivity index (χ3v) is 6.57. The van der Waals surface area contributed by atoms with Gasteiger partial charge in [-0.1, -0.05) is 46.6 Å². The van der Waals surface area contributed by atoms with Gasteiger partial charge in [-0.3, -0.25) is 9.69 Å². The Hall–Kier alpha value is -1.65. The fourth-order valence-corrected chi connectivity index (χ4v) is 4.34. The average Bonchev–Trinajstić information content (AvgIpc) is 2.82. The molecule has 3 nitrogen and oxygen atoms in total. The zero-order chi connectivity index (χ0) is 17.9. The van der Waals surface area contributed by atoms with E-state index in [-0.39, 0.29) is 5.91 Å². The van der Waals surface area contributed by atoms with Crippen LogP contribution in [0.1, 0.15) is 46.3 Å². The monoisotopic (exact) mass is 412 g/mol. The molecule has 0 atom stereocenters. The van der Waals surface area contributed by atoms with E-state index in [2.05, 4.69) is 38.3 Å². The van der Waals surface area contributed by atoms with E-state index in [1.165, 1.54) is 30.4 Å². The maximum atomic E-state index is 12.6. The largest absolute Gasteiger partial charge is 0.348 e. The number of hydrogen-bond donors (Lipinski definition) is 1. The number of carbonyl (C=O) groups is 1. The molecular formula is C22H25BrN2O. The molecule has 1 saturated carbocycles. The summed E-state index contributed by atoms with van der Waals surface area (Å²) in [6, 6.07) is 15.0. The highest BCUT2D eigenvalue weighted by molar-refractivity contribution is 9.10. The Kier molecular flexibility index (Phi) is 5.41. The number of benzene rings is 2. The lowest BCUT2D eigenvalue weighted by molar-refractivity contribution is 0.0950. The molecule has 0 bridgehead atoms. The Labute approximate surface area is 163 Å². The second kappa shape index (κ2) is 7.93. The molecular weight excluding hydrogens is 388 g/mol. The lowest BCUT2D eigenvalue weighted by Gasteiger charge is -2.36. The number of carbonyl (C=O) groups excluding carboxylic acids is 1. The topological polar surface area (TPSA) is 32.3 Å². The van der Waals surface area contributed by atoms with Crippen LogP contribution in [0.15, 0.2) is 46.9 Å². The first-order valence-corrected chi connectivity index (χ1v) is 10.4. The standard InChI is InChI=1S/C22H25BrN2O/c23-21-7-2-1-4-19(21)15-24-22(26)18-9-8-16-10-12-25(20-5-3-6-20)13-11-17(16)14-18/h1-2,4,7-9,14,20H,3,5-6,10-13,15H2,(H,24,26). The minimum absolute atomic E-state index is 0.00338. The number of amides is 1. The van der Waals surface area contributed by atoms with Gasteiger partial charge in [0.05, 0.1) is 0 Å². The van der Waals surface area contributed by atoms with Crippen molar-refractivity contribution in [2.45, 2.75) is 44.7 Å². The van der Waals surface area contributed by atoms with E-state index in [1.807, 2.05) is 30.3 Å². The van der Waals surface area contributed by atoms with Gasteiger partial charge in [-0.15, -0.1) is 0 Å². The summed E-state index contributed by atoms with van der Waals surface area (Å²) in [6.45, 7) is 2.82. The first kappa shape index (κ1) is 17.7. The van der Waals surface area contributed by atoms with E-state index in [0.29, 0.717) is 6.54 Å². The molecule has 1 fully saturated rings. The van der Waals surface area contributed by atoms with Crippen molar-refractivity contribution < 1.29 is 4.79 Å². The van der Waals surface area contributed by atoms with Crippen molar-refractivity contribution in [1.82, 2.24) is 10.2 Å². The molecule has 1 aliphatic carbocycles. The lowest BCUT2D eigenvalue weighted by atomic mass is 9.91. The molecule has 4 rings (SSSR count).